The van der Waals surface area contributed by atoms with Crippen molar-refractivity contribution in [2.45, 2.75) is 18.2 Å². The van der Waals surface area contributed by atoms with E-state index in [0.717, 1.165) is 17.1 Å². The van der Waals surface area contributed by atoms with Crippen molar-refractivity contribution in [3.63, 3.8) is 0 Å². The molecule has 0 amide bonds. The highest BCUT2D eigenvalue weighted by molar-refractivity contribution is 7.89. The fraction of sp³-hybridized carbons (Fsp3) is 0.333. The van der Waals surface area contributed by atoms with E-state index < -0.39 is 10.0 Å². The second kappa shape index (κ2) is 6.85. The normalized spacial score (nSPS) is 11.4. The van der Waals surface area contributed by atoms with E-state index in [0.29, 0.717) is 6.42 Å². The van der Waals surface area contributed by atoms with Crippen molar-refractivity contribution in [1.82, 2.24) is 14.7 Å². The highest BCUT2D eigenvalue weighted by atomic mass is 32.2. The Morgan fingerprint density at radius 1 is 1.09 bits per heavy atom. The molecule has 6 nitrogen and oxygen atoms in total. The summed E-state index contributed by atoms with van der Waals surface area (Å²) in [5.74, 6) is 0. The van der Waals surface area contributed by atoms with Crippen LogP contribution in [0.3, 0.4) is 0 Å². The van der Waals surface area contributed by atoms with Crippen LogP contribution in [-0.4, -0.2) is 39.0 Å². The van der Waals surface area contributed by atoms with E-state index in [4.69, 9.17) is 0 Å². The third kappa shape index (κ3) is 4.02. The molecule has 7 heteroatoms. The number of anilines is 1. The van der Waals surface area contributed by atoms with Gasteiger partial charge >= 0.3 is 0 Å². The van der Waals surface area contributed by atoms with Crippen LogP contribution in [0, 0.1) is 6.92 Å². The van der Waals surface area contributed by atoms with Crippen LogP contribution in [0.25, 0.3) is 0 Å². The number of nitrogens with one attached hydrogen (secondary N) is 1. The quantitative estimate of drug-likeness (QED) is 0.870. The van der Waals surface area contributed by atoms with E-state index in [1.165, 1.54) is 0 Å². The summed E-state index contributed by atoms with van der Waals surface area (Å²) in [7, 11) is 0.313. The van der Waals surface area contributed by atoms with Gasteiger partial charge < -0.3 is 4.90 Å². The van der Waals surface area contributed by atoms with Gasteiger partial charge in [0, 0.05) is 45.1 Å². The molecule has 22 heavy (non-hydrogen) atoms. The molecule has 2 aromatic rings. The number of rotatable bonds is 6. The second-order valence-corrected chi connectivity index (χ2v) is 6.89. The van der Waals surface area contributed by atoms with Gasteiger partial charge in [0.15, 0.2) is 0 Å². The number of nitrogens with zero attached hydrogens (tertiary/aromatic N) is 3. The number of sulfonamides is 1. The van der Waals surface area contributed by atoms with Gasteiger partial charge in [0.1, 0.15) is 0 Å². The molecule has 0 aliphatic rings. The van der Waals surface area contributed by atoms with Gasteiger partial charge in [-0.1, -0.05) is 0 Å². The van der Waals surface area contributed by atoms with E-state index in [1.807, 2.05) is 25.9 Å². The first-order valence-electron chi connectivity index (χ1n) is 6.94. The van der Waals surface area contributed by atoms with Gasteiger partial charge in [-0.3, -0.25) is 9.97 Å². The van der Waals surface area contributed by atoms with Crippen LogP contribution in [0.5, 0.6) is 0 Å². The predicted octanol–water partition coefficient (Wildman–Crippen LogP) is 1.37. The highest BCUT2D eigenvalue weighted by Crippen LogP contribution is 2.15. The van der Waals surface area contributed by atoms with Gasteiger partial charge in [0.2, 0.25) is 10.0 Å². The van der Waals surface area contributed by atoms with Crippen LogP contribution < -0.4 is 9.62 Å². The molecule has 1 heterocycles. The summed E-state index contributed by atoms with van der Waals surface area (Å²) < 4.78 is 27.0. The van der Waals surface area contributed by atoms with E-state index in [2.05, 4.69) is 14.7 Å². The van der Waals surface area contributed by atoms with E-state index in [-0.39, 0.29) is 11.4 Å². The lowest BCUT2D eigenvalue weighted by Crippen LogP contribution is -2.26. The highest BCUT2D eigenvalue weighted by Gasteiger charge is 2.13. The number of aryl methyl sites for hydroxylation is 1. The molecule has 0 aliphatic carbocycles. The monoisotopic (exact) mass is 320 g/mol. The van der Waals surface area contributed by atoms with Gasteiger partial charge in [-0.25, -0.2) is 13.1 Å². The summed E-state index contributed by atoms with van der Waals surface area (Å²) in [6.45, 7) is 2.15. The van der Waals surface area contributed by atoms with Crippen LogP contribution in [0.1, 0.15) is 11.4 Å². The number of hydrogen-bond acceptors (Lipinski definition) is 5. The largest absolute Gasteiger partial charge is 0.378 e. The Bertz CT molecular complexity index is 727. The minimum absolute atomic E-state index is 0.258. The molecule has 1 aromatic heterocycles. The topological polar surface area (TPSA) is 75.2 Å². The van der Waals surface area contributed by atoms with Crippen LogP contribution in [0.2, 0.25) is 0 Å². The molecule has 0 aliphatic heterocycles. The maximum atomic E-state index is 12.2. The van der Waals surface area contributed by atoms with Gasteiger partial charge in [0.05, 0.1) is 16.3 Å². The molecule has 0 fully saturated rings. The Kier molecular flexibility index (Phi) is 5.10. The van der Waals surface area contributed by atoms with Gasteiger partial charge in [-0.2, -0.15) is 0 Å². The zero-order valence-electron chi connectivity index (χ0n) is 12.9. The van der Waals surface area contributed by atoms with Crippen LogP contribution in [-0.2, 0) is 16.4 Å². The fourth-order valence-corrected chi connectivity index (χ4v) is 3.02. The van der Waals surface area contributed by atoms with E-state index >= 15 is 0 Å². The standard InChI is InChI=1S/C15H20N4O2S/c1-12-15(17-11-10-16-12)8-9-18-22(20,21)14-6-4-13(5-7-14)19(2)3/h4-7,10-11,18H,8-9H2,1-3H3. The maximum absolute atomic E-state index is 12.2. The molecule has 2 rings (SSSR count). The van der Waals surface area contributed by atoms with Crippen LogP contribution in [0.4, 0.5) is 5.69 Å². The summed E-state index contributed by atoms with van der Waals surface area (Å²) in [5.41, 5.74) is 2.57. The molecular formula is C15H20N4O2S. The zero-order valence-corrected chi connectivity index (χ0v) is 13.8. The lowest BCUT2D eigenvalue weighted by Gasteiger charge is -2.13. The molecule has 0 bridgehead atoms. The predicted molar refractivity (Wildman–Crippen MR) is 86.4 cm³/mol. The minimum atomic E-state index is -3.50. The molecule has 0 spiro atoms. The average Bonchev–Trinajstić information content (AvgIpc) is 2.49. The maximum Gasteiger partial charge on any atom is 0.240 e. The molecule has 0 atom stereocenters. The third-order valence-corrected chi connectivity index (χ3v) is 4.78. The van der Waals surface area contributed by atoms with Gasteiger partial charge in [-0.05, 0) is 31.2 Å². The Hall–Kier alpha value is -1.99. The molecule has 0 radical (unpaired) electrons. The molecule has 118 valence electrons. The van der Waals surface area contributed by atoms with Crippen molar-refractivity contribution in [3.8, 4) is 0 Å². The second-order valence-electron chi connectivity index (χ2n) is 5.12. The summed E-state index contributed by atoms with van der Waals surface area (Å²) in [5, 5.41) is 0. The Balaban J connectivity index is 2.00. The smallest absolute Gasteiger partial charge is 0.240 e. The summed E-state index contributed by atoms with van der Waals surface area (Å²) in [4.78, 5) is 10.5. The number of benzene rings is 1. The van der Waals surface area contributed by atoms with Crippen LogP contribution in [0.15, 0.2) is 41.6 Å². The summed E-state index contributed by atoms with van der Waals surface area (Å²) in [6.07, 6.45) is 3.74. The van der Waals surface area contributed by atoms with E-state index in [9.17, 15) is 8.42 Å². The molecule has 0 saturated heterocycles. The molecule has 0 saturated carbocycles. The summed E-state index contributed by atoms with van der Waals surface area (Å²) in [6, 6.07) is 6.76. The Morgan fingerprint density at radius 2 is 1.73 bits per heavy atom. The minimum Gasteiger partial charge on any atom is -0.378 e. The Morgan fingerprint density at radius 3 is 2.32 bits per heavy atom. The summed E-state index contributed by atoms with van der Waals surface area (Å²) >= 11 is 0. The van der Waals surface area contributed by atoms with Crippen molar-refractivity contribution >= 4 is 15.7 Å². The SMILES string of the molecule is Cc1nccnc1CCNS(=O)(=O)c1ccc(N(C)C)cc1. The first-order chi connectivity index (χ1) is 10.4. The molecule has 1 N–H and O–H groups in total. The zero-order chi connectivity index (χ0) is 16.2. The van der Waals surface area contributed by atoms with Crippen molar-refractivity contribution in [3.05, 3.63) is 48.0 Å². The Labute approximate surface area is 131 Å². The average molecular weight is 320 g/mol. The van der Waals surface area contributed by atoms with Crippen molar-refractivity contribution in [1.29, 1.82) is 0 Å². The molecule has 1 aromatic carbocycles. The van der Waals surface area contributed by atoms with Gasteiger partial charge in [0.25, 0.3) is 0 Å². The van der Waals surface area contributed by atoms with Gasteiger partial charge in [-0.15, -0.1) is 0 Å². The lowest BCUT2D eigenvalue weighted by molar-refractivity contribution is 0.581. The number of hydrogen-bond donors (Lipinski definition) is 1. The lowest BCUT2D eigenvalue weighted by atomic mass is 10.2. The molecule has 0 unspecified atom stereocenters. The van der Waals surface area contributed by atoms with Crippen molar-refractivity contribution in [2.75, 3.05) is 25.5 Å². The first kappa shape index (κ1) is 16.4. The van der Waals surface area contributed by atoms with E-state index in [1.54, 1.807) is 36.7 Å². The molecular weight excluding hydrogens is 300 g/mol. The number of aromatic nitrogens is 2. The van der Waals surface area contributed by atoms with Crippen molar-refractivity contribution in [2.24, 2.45) is 0 Å². The van der Waals surface area contributed by atoms with Crippen LogP contribution >= 0.6 is 0 Å². The first-order valence-corrected chi connectivity index (χ1v) is 8.42. The van der Waals surface area contributed by atoms with Crippen molar-refractivity contribution < 1.29 is 8.42 Å². The third-order valence-electron chi connectivity index (χ3n) is 3.30. The fourth-order valence-electron chi connectivity index (χ4n) is 1.99.